The maximum atomic E-state index is 11.7. The van der Waals surface area contributed by atoms with Gasteiger partial charge in [-0.1, -0.05) is 28.1 Å². The SMILES string of the molecule is CCOC(=O)c1nc(-c2ccc(Br)cc2)cn1C. The monoisotopic (exact) mass is 308 g/mol. The van der Waals surface area contributed by atoms with Crippen LogP contribution in [0.1, 0.15) is 17.5 Å². The minimum Gasteiger partial charge on any atom is -0.460 e. The zero-order chi connectivity index (χ0) is 13.1. The number of rotatable bonds is 3. The summed E-state index contributed by atoms with van der Waals surface area (Å²) in [4.78, 5) is 16.0. The maximum Gasteiger partial charge on any atom is 0.374 e. The molecule has 4 nitrogen and oxygen atoms in total. The van der Waals surface area contributed by atoms with Crippen molar-refractivity contribution >= 4 is 21.9 Å². The number of esters is 1. The van der Waals surface area contributed by atoms with Crippen LogP contribution in [0.4, 0.5) is 0 Å². The van der Waals surface area contributed by atoms with E-state index in [9.17, 15) is 4.79 Å². The fourth-order valence-electron chi connectivity index (χ4n) is 1.61. The highest BCUT2D eigenvalue weighted by Gasteiger charge is 2.15. The zero-order valence-corrected chi connectivity index (χ0v) is 11.8. The largest absolute Gasteiger partial charge is 0.460 e. The highest BCUT2D eigenvalue weighted by molar-refractivity contribution is 9.10. The molecule has 2 aromatic rings. The number of nitrogens with zero attached hydrogens (tertiary/aromatic N) is 2. The third-order valence-corrected chi connectivity index (χ3v) is 3.00. The molecular formula is C13H13BrN2O2. The molecule has 0 bridgehead atoms. The van der Waals surface area contributed by atoms with Gasteiger partial charge in [-0.2, -0.15) is 0 Å². The first-order valence-corrected chi connectivity index (χ1v) is 6.37. The summed E-state index contributed by atoms with van der Waals surface area (Å²) < 4.78 is 7.63. The topological polar surface area (TPSA) is 44.1 Å². The summed E-state index contributed by atoms with van der Waals surface area (Å²) in [6.07, 6.45) is 1.81. The van der Waals surface area contributed by atoms with Gasteiger partial charge in [0.2, 0.25) is 5.82 Å². The summed E-state index contributed by atoms with van der Waals surface area (Å²) in [5.41, 5.74) is 1.72. The van der Waals surface area contributed by atoms with Crippen LogP contribution in [-0.2, 0) is 11.8 Å². The molecule has 0 aliphatic rings. The second-order valence-corrected chi connectivity index (χ2v) is 4.70. The van der Waals surface area contributed by atoms with Gasteiger partial charge in [0.05, 0.1) is 12.3 Å². The van der Waals surface area contributed by atoms with Gasteiger partial charge in [0.15, 0.2) is 0 Å². The smallest absolute Gasteiger partial charge is 0.374 e. The zero-order valence-electron chi connectivity index (χ0n) is 10.2. The van der Waals surface area contributed by atoms with E-state index in [1.807, 2.05) is 30.5 Å². The van der Waals surface area contributed by atoms with Crippen LogP contribution in [0.3, 0.4) is 0 Å². The summed E-state index contributed by atoms with van der Waals surface area (Å²) in [6.45, 7) is 2.12. The van der Waals surface area contributed by atoms with E-state index in [1.165, 1.54) is 0 Å². The Balaban J connectivity index is 2.34. The number of aromatic nitrogens is 2. The highest BCUT2D eigenvalue weighted by atomic mass is 79.9. The number of benzene rings is 1. The Kier molecular flexibility index (Phi) is 3.81. The van der Waals surface area contributed by atoms with E-state index in [1.54, 1.807) is 18.5 Å². The molecule has 0 unspecified atom stereocenters. The minimum atomic E-state index is -0.400. The Morgan fingerprint density at radius 2 is 2.06 bits per heavy atom. The second kappa shape index (κ2) is 5.35. The van der Waals surface area contributed by atoms with Crippen LogP contribution in [-0.4, -0.2) is 22.1 Å². The van der Waals surface area contributed by atoms with Crippen LogP contribution < -0.4 is 0 Å². The van der Waals surface area contributed by atoms with Gasteiger partial charge < -0.3 is 9.30 Å². The molecule has 0 saturated heterocycles. The lowest BCUT2D eigenvalue weighted by Gasteiger charge is -1.99. The molecule has 0 saturated carbocycles. The number of hydrogen-bond donors (Lipinski definition) is 0. The Morgan fingerprint density at radius 3 is 2.67 bits per heavy atom. The standard InChI is InChI=1S/C13H13BrN2O2/c1-3-18-13(17)12-15-11(8-16(12)2)9-4-6-10(14)7-5-9/h4-8H,3H2,1-2H3. The third-order valence-electron chi connectivity index (χ3n) is 2.47. The van der Waals surface area contributed by atoms with Gasteiger partial charge in [-0.3, -0.25) is 0 Å². The molecule has 1 aromatic carbocycles. The van der Waals surface area contributed by atoms with E-state index in [0.717, 1.165) is 15.7 Å². The molecule has 0 radical (unpaired) electrons. The number of hydrogen-bond acceptors (Lipinski definition) is 3. The van der Waals surface area contributed by atoms with E-state index in [0.29, 0.717) is 12.4 Å². The number of aryl methyl sites for hydroxylation is 1. The number of carbonyl (C=O) groups excluding carboxylic acids is 1. The predicted molar refractivity (Wildman–Crippen MR) is 72.3 cm³/mol. The number of ether oxygens (including phenoxy) is 1. The van der Waals surface area contributed by atoms with E-state index >= 15 is 0 Å². The summed E-state index contributed by atoms with van der Waals surface area (Å²) in [5, 5.41) is 0. The van der Waals surface area contributed by atoms with Gasteiger partial charge in [0.25, 0.3) is 0 Å². The molecule has 94 valence electrons. The van der Waals surface area contributed by atoms with E-state index in [-0.39, 0.29) is 0 Å². The lowest BCUT2D eigenvalue weighted by atomic mass is 10.2. The first-order valence-electron chi connectivity index (χ1n) is 5.58. The van der Waals surface area contributed by atoms with Crippen molar-refractivity contribution in [2.45, 2.75) is 6.92 Å². The van der Waals surface area contributed by atoms with Crippen LogP contribution in [0.2, 0.25) is 0 Å². The van der Waals surface area contributed by atoms with Crippen LogP contribution >= 0.6 is 15.9 Å². The van der Waals surface area contributed by atoms with Crippen molar-refractivity contribution in [2.75, 3.05) is 6.61 Å². The van der Waals surface area contributed by atoms with Gasteiger partial charge in [0, 0.05) is 23.3 Å². The van der Waals surface area contributed by atoms with Gasteiger partial charge >= 0.3 is 5.97 Å². The van der Waals surface area contributed by atoms with Crippen molar-refractivity contribution in [1.29, 1.82) is 0 Å². The van der Waals surface area contributed by atoms with Crippen LogP contribution in [0.15, 0.2) is 34.9 Å². The quantitative estimate of drug-likeness (QED) is 0.819. The first-order chi connectivity index (χ1) is 8.61. The Bertz CT molecular complexity index is 561. The number of carbonyl (C=O) groups is 1. The van der Waals surface area contributed by atoms with E-state index in [4.69, 9.17) is 4.74 Å². The average Bonchev–Trinajstić information content (AvgIpc) is 2.72. The van der Waals surface area contributed by atoms with Crippen LogP contribution in [0, 0.1) is 0 Å². The summed E-state index contributed by atoms with van der Waals surface area (Å²) in [7, 11) is 1.78. The molecule has 1 aromatic heterocycles. The van der Waals surface area contributed by atoms with E-state index < -0.39 is 5.97 Å². The van der Waals surface area contributed by atoms with Gasteiger partial charge in [-0.15, -0.1) is 0 Å². The fraction of sp³-hybridized carbons (Fsp3) is 0.231. The summed E-state index contributed by atoms with van der Waals surface area (Å²) in [5.74, 6) is -0.0851. The van der Waals surface area contributed by atoms with Crippen LogP contribution in [0.5, 0.6) is 0 Å². The molecule has 0 fully saturated rings. The van der Waals surface area contributed by atoms with Crippen molar-refractivity contribution in [3.05, 3.63) is 40.8 Å². The fourth-order valence-corrected chi connectivity index (χ4v) is 1.88. The average molecular weight is 309 g/mol. The van der Waals surface area contributed by atoms with E-state index in [2.05, 4.69) is 20.9 Å². The van der Waals surface area contributed by atoms with Crippen LogP contribution in [0.25, 0.3) is 11.3 Å². The first kappa shape index (κ1) is 12.8. The molecular weight excluding hydrogens is 296 g/mol. The lowest BCUT2D eigenvalue weighted by molar-refractivity contribution is 0.0508. The Hall–Kier alpha value is -1.62. The van der Waals surface area contributed by atoms with Crippen molar-refractivity contribution < 1.29 is 9.53 Å². The molecule has 18 heavy (non-hydrogen) atoms. The molecule has 0 atom stereocenters. The Morgan fingerprint density at radius 1 is 1.39 bits per heavy atom. The summed E-state index contributed by atoms with van der Waals surface area (Å²) >= 11 is 3.38. The number of imidazole rings is 1. The maximum absolute atomic E-state index is 11.7. The third kappa shape index (κ3) is 2.61. The van der Waals surface area contributed by atoms with Crippen molar-refractivity contribution in [2.24, 2.45) is 7.05 Å². The lowest BCUT2D eigenvalue weighted by Crippen LogP contribution is -2.10. The normalized spacial score (nSPS) is 10.4. The molecule has 0 amide bonds. The minimum absolute atomic E-state index is 0.315. The molecule has 5 heteroatoms. The predicted octanol–water partition coefficient (Wildman–Crippen LogP) is 3.03. The van der Waals surface area contributed by atoms with Crippen molar-refractivity contribution in [1.82, 2.24) is 9.55 Å². The highest BCUT2D eigenvalue weighted by Crippen LogP contribution is 2.21. The molecule has 1 heterocycles. The Labute approximate surface area is 114 Å². The van der Waals surface area contributed by atoms with Gasteiger partial charge in [-0.25, -0.2) is 9.78 Å². The van der Waals surface area contributed by atoms with Gasteiger partial charge in [0.1, 0.15) is 0 Å². The molecule has 0 aliphatic heterocycles. The number of halogens is 1. The molecule has 0 aliphatic carbocycles. The van der Waals surface area contributed by atoms with Crippen molar-refractivity contribution in [3.63, 3.8) is 0 Å². The second-order valence-electron chi connectivity index (χ2n) is 3.79. The molecule has 0 spiro atoms. The van der Waals surface area contributed by atoms with Gasteiger partial charge in [-0.05, 0) is 19.1 Å². The summed E-state index contributed by atoms with van der Waals surface area (Å²) in [6, 6.07) is 7.77. The van der Waals surface area contributed by atoms with Crippen molar-refractivity contribution in [3.8, 4) is 11.3 Å². The molecule has 0 N–H and O–H groups in total. The molecule has 2 rings (SSSR count).